The second-order valence-electron chi connectivity index (χ2n) is 7.27. The fourth-order valence-corrected chi connectivity index (χ4v) is 5.35. The minimum atomic E-state index is 0.658. The van der Waals surface area contributed by atoms with Crippen molar-refractivity contribution in [1.29, 1.82) is 5.26 Å². The van der Waals surface area contributed by atoms with Crippen molar-refractivity contribution in [3.63, 3.8) is 0 Å². The van der Waals surface area contributed by atoms with Gasteiger partial charge in [-0.2, -0.15) is 5.26 Å². The lowest BCUT2D eigenvalue weighted by Crippen LogP contribution is -2.10. The van der Waals surface area contributed by atoms with E-state index < -0.39 is 0 Å². The number of nitrogens with zero attached hydrogens (tertiary/aromatic N) is 3. The van der Waals surface area contributed by atoms with E-state index in [1.807, 2.05) is 22.6 Å². The number of hydrogen-bond donors (Lipinski definition) is 1. The first-order valence-electron chi connectivity index (χ1n) is 10.1. The van der Waals surface area contributed by atoms with E-state index >= 15 is 0 Å². The van der Waals surface area contributed by atoms with Gasteiger partial charge >= 0.3 is 0 Å². The zero-order valence-electron chi connectivity index (χ0n) is 16.7. The fraction of sp³-hybridized carbons (Fsp3) is 0.200. The van der Waals surface area contributed by atoms with Crippen LogP contribution in [0.25, 0.3) is 10.8 Å². The third-order valence-corrected chi connectivity index (χ3v) is 7.00. The highest BCUT2D eigenvalue weighted by Gasteiger charge is 2.23. The van der Waals surface area contributed by atoms with Gasteiger partial charge < -0.3 is 4.31 Å². The maximum Gasteiger partial charge on any atom is 0.120 e. The SMILES string of the molecule is N#Cc1c(N(S)Cc2cccnc2)sc2c1CCCC2.c1ccc2ccccc2c1. The summed E-state index contributed by atoms with van der Waals surface area (Å²) in [6.07, 6.45) is 8.14. The lowest BCUT2D eigenvalue weighted by atomic mass is 9.96. The van der Waals surface area contributed by atoms with Crippen LogP contribution >= 0.6 is 24.2 Å². The highest BCUT2D eigenvalue weighted by atomic mass is 32.1. The van der Waals surface area contributed by atoms with E-state index in [4.69, 9.17) is 0 Å². The molecular weight excluding hydrogens is 406 g/mol. The predicted octanol–water partition coefficient (Wildman–Crippen LogP) is 6.58. The van der Waals surface area contributed by atoms with Crippen LogP contribution < -0.4 is 4.31 Å². The third-order valence-electron chi connectivity index (χ3n) is 5.21. The second kappa shape index (κ2) is 9.80. The van der Waals surface area contributed by atoms with E-state index in [1.54, 1.807) is 17.5 Å². The van der Waals surface area contributed by atoms with E-state index in [1.165, 1.54) is 34.1 Å². The highest BCUT2D eigenvalue weighted by molar-refractivity contribution is 7.82. The zero-order valence-corrected chi connectivity index (χ0v) is 18.4. The number of pyridine rings is 1. The molecule has 2 aromatic carbocycles. The molecule has 0 atom stereocenters. The number of aromatic nitrogens is 1. The number of fused-ring (bicyclic) bond motifs is 2. The molecule has 1 aliphatic rings. The number of nitriles is 1. The molecule has 0 unspecified atom stereocenters. The Hall–Kier alpha value is -2.81. The highest BCUT2D eigenvalue weighted by Crippen LogP contribution is 2.40. The molecule has 0 amide bonds. The smallest absolute Gasteiger partial charge is 0.120 e. The summed E-state index contributed by atoms with van der Waals surface area (Å²) in [5, 5.41) is 13.1. The summed E-state index contributed by atoms with van der Waals surface area (Å²) in [6.45, 7) is 0.658. The summed E-state index contributed by atoms with van der Waals surface area (Å²) in [5.74, 6) is 0. The van der Waals surface area contributed by atoms with Gasteiger partial charge in [-0.15, -0.1) is 11.3 Å². The molecule has 5 rings (SSSR count). The number of anilines is 1. The van der Waals surface area contributed by atoms with Gasteiger partial charge in [0.05, 0.1) is 12.1 Å². The average Bonchev–Trinajstić information content (AvgIpc) is 3.19. The van der Waals surface area contributed by atoms with Crippen molar-refractivity contribution in [2.75, 3.05) is 4.31 Å². The van der Waals surface area contributed by atoms with Gasteiger partial charge in [0.25, 0.3) is 0 Å². The Morgan fingerprint density at radius 1 is 0.967 bits per heavy atom. The molecule has 0 spiro atoms. The van der Waals surface area contributed by atoms with Crippen LogP contribution in [0.1, 0.15) is 34.4 Å². The maximum absolute atomic E-state index is 9.46. The van der Waals surface area contributed by atoms with Crippen molar-refractivity contribution >= 4 is 39.9 Å². The minimum Gasteiger partial charge on any atom is -0.304 e. The first-order chi connectivity index (χ1) is 14.8. The van der Waals surface area contributed by atoms with Crippen LogP contribution in [0.5, 0.6) is 0 Å². The van der Waals surface area contributed by atoms with E-state index in [0.717, 1.165) is 29.0 Å². The van der Waals surface area contributed by atoms with Crippen molar-refractivity contribution in [3.05, 3.63) is 94.6 Å². The molecule has 0 N–H and O–H groups in total. The Morgan fingerprint density at radius 3 is 2.23 bits per heavy atom. The quantitative estimate of drug-likeness (QED) is 0.374. The number of aryl methyl sites for hydroxylation is 1. The van der Waals surface area contributed by atoms with Crippen molar-refractivity contribution in [2.24, 2.45) is 0 Å². The molecule has 2 heterocycles. The summed E-state index contributed by atoms with van der Waals surface area (Å²) in [6, 6.07) is 23.0. The summed E-state index contributed by atoms with van der Waals surface area (Å²) < 4.78 is 1.87. The van der Waals surface area contributed by atoms with Crippen LogP contribution in [0.3, 0.4) is 0 Å². The number of rotatable bonds is 3. The standard InChI is InChI=1S/C15H15N3S2.C10H8/c16-8-13-12-5-1-2-6-14(12)20-15(13)18(19)10-11-4-3-7-17-9-11;1-2-6-10-8-4-3-7-9(10)5-1/h3-4,7,9,19H,1-2,5-6,10H2;1-8H. The third kappa shape index (κ3) is 4.67. The van der Waals surface area contributed by atoms with Gasteiger partial charge in [0, 0.05) is 17.3 Å². The van der Waals surface area contributed by atoms with Crippen LogP contribution in [0.4, 0.5) is 5.00 Å². The molecule has 0 saturated carbocycles. The number of benzene rings is 2. The van der Waals surface area contributed by atoms with Gasteiger partial charge in [0.2, 0.25) is 0 Å². The van der Waals surface area contributed by atoms with E-state index in [0.29, 0.717) is 6.54 Å². The molecular formula is C25H23N3S2. The fourth-order valence-electron chi connectivity index (χ4n) is 3.72. The molecule has 1 aliphatic carbocycles. The minimum absolute atomic E-state index is 0.658. The van der Waals surface area contributed by atoms with Gasteiger partial charge in [0.15, 0.2) is 0 Å². The molecule has 2 aromatic heterocycles. The first kappa shape index (κ1) is 20.5. The lowest BCUT2D eigenvalue weighted by molar-refractivity contribution is 0.696. The Morgan fingerprint density at radius 2 is 1.63 bits per heavy atom. The van der Waals surface area contributed by atoms with Crippen LogP contribution in [0.2, 0.25) is 0 Å². The summed E-state index contributed by atoms with van der Waals surface area (Å²) >= 11 is 6.30. The lowest BCUT2D eigenvalue weighted by Gasteiger charge is -2.16. The van der Waals surface area contributed by atoms with Crippen molar-refractivity contribution < 1.29 is 0 Å². The largest absolute Gasteiger partial charge is 0.304 e. The van der Waals surface area contributed by atoms with Crippen LogP contribution in [0, 0.1) is 11.3 Å². The number of thiophene rings is 1. The Balaban J connectivity index is 0.000000181. The molecule has 0 aliphatic heterocycles. The topological polar surface area (TPSA) is 39.9 Å². The van der Waals surface area contributed by atoms with E-state index in [-0.39, 0.29) is 0 Å². The normalized spacial score (nSPS) is 12.4. The van der Waals surface area contributed by atoms with Gasteiger partial charge in [-0.3, -0.25) is 4.98 Å². The maximum atomic E-state index is 9.46. The summed E-state index contributed by atoms with van der Waals surface area (Å²) in [5.41, 5.74) is 3.17. The molecule has 0 radical (unpaired) electrons. The van der Waals surface area contributed by atoms with Gasteiger partial charge in [-0.05, 0) is 53.6 Å². The molecule has 30 heavy (non-hydrogen) atoms. The van der Waals surface area contributed by atoms with Crippen molar-refractivity contribution in [2.45, 2.75) is 32.2 Å². The summed E-state index contributed by atoms with van der Waals surface area (Å²) in [4.78, 5) is 5.49. The summed E-state index contributed by atoms with van der Waals surface area (Å²) in [7, 11) is 0. The van der Waals surface area contributed by atoms with E-state index in [2.05, 4.69) is 72.4 Å². The molecule has 150 valence electrons. The molecule has 0 bridgehead atoms. The second-order valence-corrected chi connectivity index (χ2v) is 8.84. The Bertz CT molecular complexity index is 1100. The molecule has 0 fully saturated rings. The molecule has 0 saturated heterocycles. The van der Waals surface area contributed by atoms with Gasteiger partial charge in [-0.25, -0.2) is 0 Å². The van der Waals surface area contributed by atoms with Gasteiger partial charge in [0.1, 0.15) is 11.1 Å². The molecule has 5 heteroatoms. The average molecular weight is 430 g/mol. The van der Waals surface area contributed by atoms with E-state index in [9.17, 15) is 5.26 Å². The van der Waals surface area contributed by atoms with Gasteiger partial charge in [-0.1, -0.05) is 67.4 Å². The Labute approximate surface area is 187 Å². The van der Waals surface area contributed by atoms with Crippen molar-refractivity contribution in [3.8, 4) is 6.07 Å². The molecule has 3 nitrogen and oxygen atoms in total. The van der Waals surface area contributed by atoms with Crippen LogP contribution in [-0.2, 0) is 19.4 Å². The van der Waals surface area contributed by atoms with Crippen molar-refractivity contribution in [1.82, 2.24) is 4.98 Å². The first-order valence-corrected chi connectivity index (χ1v) is 11.3. The Kier molecular flexibility index (Phi) is 6.68. The van der Waals surface area contributed by atoms with Crippen LogP contribution in [-0.4, -0.2) is 4.98 Å². The zero-order chi connectivity index (χ0) is 20.8. The monoisotopic (exact) mass is 429 g/mol. The number of thiol groups is 1. The predicted molar refractivity (Wildman–Crippen MR) is 129 cm³/mol. The van der Waals surface area contributed by atoms with Crippen LogP contribution in [0.15, 0.2) is 73.1 Å². The number of hydrogen-bond acceptors (Lipinski definition) is 5. The molecule has 4 aromatic rings.